The molecule has 0 amide bonds. The lowest BCUT2D eigenvalue weighted by Gasteiger charge is -2.26. The fraction of sp³-hybridized carbons (Fsp3) is 0.571. The van der Waals surface area contributed by atoms with E-state index in [1.807, 2.05) is 20.8 Å². The van der Waals surface area contributed by atoms with E-state index >= 15 is 0 Å². The van der Waals surface area contributed by atoms with Crippen LogP contribution >= 0.6 is 0 Å². The first-order valence-corrected chi connectivity index (χ1v) is 7.95. The summed E-state index contributed by atoms with van der Waals surface area (Å²) in [4.78, 5) is 0.239. The molecule has 0 radical (unpaired) electrons. The average Bonchev–Trinajstić information content (AvgIpc) is 2.27. The molecule has 1 aromatic rings. The van der Waals surface area contributed by atoms with Gasteiger partial charge in [-0.3, -0.25) is 0 Å². The lowest BCUT2D eigenvalue weighted by molar-refractivity contribution is 0.280. The fourth-order valence-corrected chi connectivity index (χ4v) is 3.95. The summed E-state index contributed by atoms with van der Waals surface area (Å²) < 4.78 is 27.6. The molecule has 1 rings (SSSR count). The average molecular weight is 285 g/mol. The number of hydrogen-bond donors (Lipinski definition) is 2. The number of aliphatic hydroxyl groups is 1. The van der Waals surface area contributed by atoms with Gasteiger partial charge < -0.3 is 5.11 Å². The van der Waals surface area contributed by atoms with Gasteiger partial charge in [0, 0.05) is 5.54 Å². The number of aliphatic hydroxyl groups excluding tert-OH is 1. The summed E-state index contributed by atoms with van der Waals surface area (Å²) in [6, 6.07) is 4.95. The summed E-state index contributed by atoms with van der Waals surface area (Å²) >= 11 is 0. The number of rotatable bonds is 6. The molecule has 19 heavy (non-hydrogen) atoms. The molecule has 0 fully saturated rings. The highest BCUT2D eigenvalue weighted by molar-refractivity contribution is 7.89. The zero-order valence-electron chi connectivity index (χ0n) is 12.0. The fourth-order valence-electron chi connectivity index (χ4n) is 2.22. The van der Waals surface area contributed by atoms with E-state index in [1.165, 1.54) is 0 Å². The topological polar surface area (TPSA) is 66.4 Å². The van der Waals surface area contributed by atoms with Crippen molar-refractivity contribution in [1.82, 2.24) is 4.72 Å². The molecule has 0 atom stereocenters. The van der Waals surface area contributed by atoms with Crippen molar-refractivity contribution in [1.29, 1.82) is 0 Å². The minimum Gasteiger partial charge on any atom is -0.392 e. The first-order valence-electron chi connectivity index (χ1n) is 6.47. The second-order valence-electron chi connectivity index (χ2n) is 5.44. The molecule has 0 spiro atoms. The van der Waals surface area contributed by atoms with Crippen molar-refractivity contribution in [3.63, 3.8) is 0 Å². The van der Waals surface area contributed by atoms with Crippen molar-refractivity contribution < 1.29 is 13.5 Å². The van der Waals surface area contributed by atoms with Gasteiger partial charge in [0.15, 0.2) is 0 Å². The standard InChI is InChI=1S/C14H23NO3S/c1-5-9-14(3,4)15-19(17,18)13-8-6-7-12(10-16)11(13)2/h6-8,15-16H,5,9-10H2,1-4H3. The van der Waals surface area contributed by atoms with E-state index in [1.54, 1.807) is 25.1 Å². The highest BCUT2D eigenvalue weighted by atomic mass is 32.2. The molecule has 2 N–H and O–H groups in total. The van der Waals surface area contributed by atoms with Gasteiger partial charge in [0.1, 0.15) is 0 Å². The van der Waals surface area contributed by atoms with E-state index in [2.05, 4.69) is 4.72 Å². The molecule has 5 heteroatoms. The molecule has 0 aromatic heterocycles. The Morgan fingerprint density at radius 3 is 2.47 bits per heavy atom. The summed E-state index contributed by atoms with van der Waals surface area (Å²) in [5.74, 6) is 0. The van der Waals surface area contributed by atoms with Crippen LogP contribution in [-0.2, 0) is 16.6 Å². The maximum Gasteiger partial charge on any atom is 0.241 e. The third kappa shape index (κ3) is 4.03. The van der Waals surface area contributed by atoms with Crippen molar-refractivity contribution in [3.05, 3.63) is 29.3 Å². The maximum atomic E-state index is 12.4. The minimum atomic E-state index is -3.56. The number of sulfonamides is 1. The van der Waals surface area contributed by atoms with Crippen LogP contribution in [-0.4, -0.2) is 19.1 Å². The lowest BCUT2D eigenvalue weighted by Crippen LogP contribution is -2.43. The summed E-state index contributed by atoms with van der Waals surface area (Å²) in [7, 11) is -3.56. The number of nitrogens with one attached hydrogen (secondary N) is 1. The molecule has 0 saturated heterocycles. The van der Waals surface area contributed by atoms with Crippen molar-refractivity contribution in [2.75, 3.05) is 0 Å². The van der Waals surface area contributed by atoms with E-state index in [0.29, 0.717) is 11.1 Å². The van der Waals surface area contributed by atoms with Gasteiger partial charge in [-0.05, 0) is 44.4 Å². The molecule has 1 aromatic carbocycles. The van der Waals surface area contributed by atoms with Crippen LogP contribution in [0.15, 0.2) is 23.1 Å². The van der Waals surface area contributed by atoms with Crippen LogP contribution in [0.5, 0.6) is 0 Å². The Bertz CT molecular complexity index is 536. The van der Waals surface area contributed by atoms with Crippen LogP contribution in [0.4, 0.5) is 0 Å². The molecule has 0 aliphatic heterocycles. The van der Waals surface area contributed by atoms with Crippen LogP contribution in [0.2, 0.25) is 0 Å². The summed E-state index contributed by atoms with van der Waals surface area (Å²) in [6.45, 7) is 7.33. The van der Waals surface area contributed by atoms with Crippen molar-refractivity contribution in [3.8, 4) is 0 Å². The molecule has 4 nitrogen and oxygen atoms in total. The summed E-state index contributed by atoms with van der Waals surface area (Å²) in [5, 5.41) is 9.21. The van der Waals surface area contributed by atoms with Gasteiger partial charge >= 0.3 is 0 Å². The van der Waals surface area contributed by atoms with Gasteiger partial charge in [-0.2, -0.15) is 0 Å². The molecule has 108 valence electrons. The third-order valence-corrected chi connectivity index (χ3v) is 4.98. The first-order chi connectivity index (χ1) is 8.73. The van der Waals surface area contributed by atoms with Gasteiger partial charge in [-0.25, -0.2) is 13.1 Å². The zero-order chi connectivity index (χ0) is 14.7. The van der Waals surface area contributed by atoms with E-state index < -0.39 is 15.6 Å². The van der Waals surface area contributed by atoms with Crippen LogP contribution in [0.3, 0.4) is 0 Å². The highest BCUT2D eigenvalue weighted by Gasteiger charge is 2.26. The second-order valence-corrected chi connectivity index (χ2v) is 7.09. The van der Waals surface area contributed by atoms with Crippen molar-refractivity contribution in [2.24, 2.45) is 0 Å². The Balaban J connectivity index is 3.15. The quantitative estimate of drug-likeness (QED) is 0.843. The molecule has 0 aliphatic rings. The smallest absolute Gasteiger partial charge is 0.241 e. The Kier molecular flexibility index (Phi) is 5.12. The van der Waals surface area contributed by atoms with E-state index in [0.717, 1.165) is 12.8 Å². The van der Waals surface area contributed by atoms with Crippen LogP contribution < -0.4 is 4.72 Å². The van der Waals surface area contributed by atoms with Gasteiger partial charge in [0.2, 0.25) is 10.0 Å². The predicted molar refractivity (Wildman–Crippen MR) is 76.4 cm³/mol. The summed E-state index contributed by atoms with van der Waals surface area (Å²) in [5.41, 5.74) is 0.760. The van der Waals surface area contributed by atoms with Gasteiger partial charge in [0.05, 0.1) is 11.5 Å². The van der Waals surface area contributed by atoms with Gasteiger partial charge in [-0.1, -0.05) is 25.5 Å². The van der Waals surface area contributed by atoms with Gasteiger partial charge in [0.25, 0.3) is 0 Å². The maximum absolute atomic E-state index is 12.4. The van der Waals surface area contributed by atoms with Crippen LogP contribution in [0, 0.1) is 6.92 Å². The highest BCUT2D eigenvalue weighted by Crippen LogP contribution is 2.22. The Morgan fingerprint density at radius 1 is 1.32 bits per heavy atom. The Hall–Kier alpha value is -0.910. The molecule has 0 saturated carbocycles. The second kappa shape index (κ2) is 6.03. The number of hydrogen-bond acceptors (Lipinski definition) is 3. The molecule has 0 heterocycles. The van der Waals surface area contributed by atoms with Crippen LogP contribution in [0.25, 0.3) is 0 Å². The van der Waals surface area contributed by atoms with E-state index in [-0.39, 0.29) is 11.5 Å². The minimum absolute atomic E-state index is 0.159. The summed E-state index contributed by atoms with van der Waals surface area (Å²) in [6.07, 6.45) is 1.68. The first kappa shape index (κ1) is 16.1. The molecule has 0 bridgehead atoms. The van der Waals surface area contributed by atoms with Crippen LogP contribution in [0.1, 0.15) is 44.7 Å². The van der Waals surface area contributed by atoms with Crippen molar-refractivity contribution >= 4 is 10.0 Å². The van der Waals surface area contributed by atoms with Gasteiger partial charge in [-0.15, -0.1) is 0 Å². The number of benzene rings is 1. The zero-order valence-corrected chi connectivity index (χ0v) is 12.8. The third-order valence-electron chi connectivity index (χ3n) is 3.14. The molecular formula is C14H23NO3S. The lowest BCUT2D eigenvalue weighted by atomic mass is 10.0. The molecule has 0 aliphatic carbocycles. The Morgan fingerprint density at radius 2 is 1.95 bits per heavy atom. The monoisotopic (exact) mass is 285 g/mol. The molecular weight excluding hydrogens is 262 g/mol. The predicted octanol–water partition coefficient (Wildman–Crippen LogP) is 2.34. The van der Waals surface area contributed by atoms with E-state index in [4.69, 9.17) is 0 Å². The normalized spacial score (nSPS) is 12.7. The van der Waals surface area contributed by atoms with E-state index in [9.17, 15) is 13.5 Å². The van der Waals surface area contributed by atoms with Crippen molar-refractivity contribution in [2.45, 2.75) is 57.6 Å². The Labute approximate surface area is 115 Å². The molecule has 0 unspecified atom stereocenters. The SMILES string of the molecule is CCCC(C)(C)NS(=O)(=O)c1cccc(CO)c1C. The largest absolute Gasteiger partial charge is 0.392 e.